The number of aryl methyl sites for hydroxylation is 1. The van der Waals surface area contributed by atoms with Crippen molar-refractivity contribution >= 4 is 5.91 Å². The van der Waals surface area contributed by atoms with Crippen molar-refractivity contribution in [2.45, 2.75) is 26.7 Å². The number of rotatable bonds is 6. The van der Waals surface area contributed by atoms with Crippen LogP contribution in [0.3, 0.4) is 0 Å². The molecule has 0 unspecified atom stereocenters. The minimum Gasteiger partial charge on any atom is -0.339 e. The van der Waals surface area contributed by atoms with E-state index in [-0.39, 0.29) is 5.91 Å². The van der Waals surface area contributed by atoms with E-state index >= 15 is 0 Å². The number of nitrogens with zero attached hydrogens (tertiary/aromatic N) is 1. The third-order valence-corrected chi connectivity index (χ3v) is 2.71. The van der Waals surface area contributed by atoms with Gasteiger partial charge in [0.25, 0.3) is 5.91 Å². The first-order chi connectivity index (χ1) is 8.19. The van der Waals surface area contributed by atoms with Crippen LogP contribution >= 0.6 is 0 Å². The molecule has 17 heavy (non-hydrogen) atoms. The number of nitrogens with two attached hydrogens (primary N) is 1. The molecule has 0 radical (unpaired) electrons. The second-order valence-corrected chi connectivity index (χ2v) is 4.30. The molecule has 1 aromatic rings. The van der Waals surface area contributed by atoms with E-state index in [1.807, 2.05) is 36.1 Å². The largest absolute Gasteiger partial charge is 0.339 e. The highest BCUT2D eigenvalue weighted by Gasteiger charge is 2.13. The Bertz CT molecular complexity index is 346. The Morgan fingerprint density at radius 2 is 1.88 bits per heavy atom. The Morgan fingerprint density at radius 3 is 2.41 bits per heavy atom. The Balaban J connectivity index is 2.72. The van der Waals surface area contributed by atoms with Crippen molar-refractivity contribution in [3.63, 3.8) is 0 Å². The fourth-order valence-electron chi connectivity index (χ4n) is 1.75. The lowest BCUT2D eigenvalue weighted by Crippen LogP contribution is -2.33. The molecule has 0 heterocycles. The van der Waals surface area contributed by atoms with Crippen LogP contribution in [0.25, 0.3) is 0 Å². The third kappa shape index (κ3) is 4.19. The molecule has 2 N–H and O–H groups in total. The third-order valence-electron chi connectivity index (χ3n) is 2.71. The normalized spacial score (nSPS) is 10.3. The quantitative estimate of drug-likeness (QED) is 0.820. The van der Waals surface area contributed by atoms with Gasteiger partial charge in [-0.1, -0.05) is 24.6 Å². The molecular formula is C14H22N2O. The molecule has 1 aromatic carbocycles. The van der Waals surface area contributed by atoms with Crippen LogP contribution in [0.5, 0.6) is 0 Å². The summed E-state index contributed by atoms with van der Waals surface area (Å²) in [7, 11) is 0. The molecular weight excluding hydrogens is 212 g/mol. The number of amides is 1. The van der Waals surface area contributed by atoms with Crippen molar-refractivity contribution in [2.75, 3.05) is 19.6 Å². The minimum absolute atomic E-state index is 0.111. The predicted molar refractivity (Wildman–Crippen MR) is 71.0 cm³/mol. The van der Waals surface area contributed by atoms with Crippen LogP contribution in [-0.2, 0) is 0 Å². The standard InChI is InChI=1S/C14H22N2O/c1-3-10-16(11-4-9-15)14(17)13-7-5-12(2)6-8-13/h5-8H,3-4,9-11,15H2,1-2H3. The number of hydrogen-bond donors (Lipinski definition) is 1. The van der Waals surface area contributed by atoms with Crippen LogP contribution in [-0.4, -0.2) is 30.4 Å². The van der Waals surface area contributed by atoms with Gasteiger partial charge < -0.3 is 10.6 Å². The van der Waals surface area contributed by atoms with Crippen molar-refractivity contribution in [3.05, 3.63) is 35.4 Å². The zero-order valence-electron chi connectivity index (χ0n) is 10.8. The summed E-state index contributed by atoms with van der Waals surface area (Å²) in [6, 6.07) is 7.73. The van der Waals surface area contributed by atoms with E-state index in [1.54, 1.807) is 0 Å². The fourth-order valence-corrected chi connectivity index (χ4v) is 1.75. The molecule has 94 valence electrons. The van der Waals surface area contributed by atoms with E-state index in [0.29, 0.717) is 6.54 Å². The van der Waals surface area contributed by atoms with Crippen LogP contribution < -0.4 is 5.73 Å². The van der Waals surface area contributed by atoms with Crippen LogP contribution in [0.1, 0.15) is 35.7 Å². The maximum absolute atomic E-state index is 12.2. The number of carbonyl (C=O) groups is 1. The van der Waals surface area contributed by atoms with Crippen molar-refractivity contribution in [1.29, 1.82) is 0 Å². The van der Waals surface area contributed by atoms with Crippen molar-refractivity contribution in [1.82, 2.24) is 4.90 Å². The van der Waals surface area contributed by atoms with Gasteiger partial charge in [0.2, 0.25) is 0 Å². The molecule has 0 aliphatic rings. The van der Waals surface area contributed by atoms with E-state index in [4.69, 9.17) is 5.73 Å². The topological polar surface area (TPSA) is 46.3 Å². The Hall–Kier alpha value is -1.35. The fraction of sp³-hybridized carbons (Fsp3) is 0.500. The van der Waals surface area contributed by atoms with Gasteiger partial charge in [-0.05, 0) is 38.4 Å². The summed E-state index contributed by atoms with van der Waals surface area (Å²) in [5.74, 6) is 0.111. The lowest BCUT2D eigenvalue weighted by atomic mass is 10.1. The molecule has 3 nitrogen and oxygen atoms in total. The molecule has 0 bridgehead atoms. The van der Waals surface area contributed by atoms with Gasteiger partial charge in [0.15, 0.2) is 0 Å². The van der Waals surface area contributed by atoms with Gasteiger partial charge in [-0.15, -0.1) is 0 Å². The molecule has 0 fully saturated rings. The van der Waals surface area contributed by atoms with Crippen molar-refractivity contribution < 1.29 is 4.79 Å². The number of benzene rings is 1. The molecule has 0 atom stereocenters. The van der Waals surface area contributed by atoms with Crippen LogP contribution in [0.2, 0.25) is 0 Å². The first-order valence-corrected chi connectivity index (χ1v) is 6.25. The molecule has 0 saturated heterocycles. The SMILES string of the molecule is CCCN(CCCN)C(=O)c1ccc(C)cc1. The summed E-state index contributed by atoms with van der Waals surface area (Å²) in [4.78, 5) is 14.1. The van der Waals surface area contributed by atoms with Crippen LogP contribution in [0, 0.1) is 6.92 Å². The highest BCUT2D eigenvalue weighted by atomic mass is 16.2. The molecule has 0 saturated carbocycles. The summed E-state index contributed by atoms with van der Waals surface area (Å²) in [6.45, 7) is 6.27. The van der Waals surface area contributed by atoms with Gasteiger partial charge in [-0.3, -0.25) is 4.79 Å². The van der Waals surface area contributed by atoms with E-state index in [1.165, 1.54) is 5.56 Å². The summed E-state index contributed by atoms with van der Waals surface area (Å²) in [6.07, 6.45) is 1.83. The summed E-state index contributed by atoms with van der Waals surface area (Å²) < 4.78 is 0. The van der Waals surface area contributed by atoms with Gasteiger partial charge in [0, 0.05) is 18.7 Å². The molecule has 0 aromatic heterocycles. The van der Waals surface area contributed by atoms with Gasteiger partial charge in [-0.25, -0.2) is 0 Å². The first kappa shape index (κ1) is 13.7. The van der Waals surface area contributed by atoms with Crippen LogP contribution in [0.4, 0.5) is 0 Å². The Morgan fingerprint density at radius 1 is 1.24 bits per heavy atom. The highest BCUT2D eigenvalue weighted by Crippen LogP contribution is 2.08. The zero-order valence-corrected chi connectivity index (χ0v) is 10.8. The van der Waals surface area contributed by atoms with Gasteiger partial charge in [0.1, 0.15) is 0 Å². The Labute approximate surface area is 104 Å². The number of hydrogen-bond acceptors (Lipinski definition) is 2. The van der Waals surface area contributed by atoms with Crippen LogP contribution in [0.15, 0.2) is 24.3 Å². The van der Waals surface area contributed by atoms with E-state index in [0.717, 1.165) is 31.5 Å². The second-order valence-electron chi connectivity index (χ2n) is 4.30. The summed E-state index contributed by atoms with van der Waals surface area (Å²) >= 11 is 0. The average molecular weight is 234 g/mol. The minimum atomic E-state index is 0.111. The van der Waals surface area contributed by atoms with E-state index < -0.39 is 0 Å². The van der Waals surface area contributed by atoms with E-state index in [2.05, 4.69) is 6.92 Å². The number of carbonyl (C=O) groups excluding carboxylic acids is 1. The molecule has 1 amide bonds. The molecule has 0 aliphatic heterocycles. The van der Waals surface area contributed by atoms with E-state index in [9.17, 15) is 4.79 Å². The second kappa shape index (κ2) is 7.07. The van der Waals surface area contributed by atoms with Gasteiger partial charge in [0.05, 0.1) is 0 Å². The van der Waals surface area contributed by atoms with Gasteiger partial charge >= 0.3 is 0 Å². The molecule has 0 spiro atoms. The highest BCUT2D eigenvalue weighted by molar-refractivity contribution is 5.94. The van der Waals surface area contributed by atoms with Gasteiger partial charge in [-0.2, -0.15) is 0 Å². The maximum Gasteiger partial charge on any atom is 0.253 e. The zero-order chi connectivity index (χ0) is 12.7. The maximum atomic E-state index is 12.2. The lowest BCUT2D eigenvalue weighted by Gasteiger charge is -2.22. The molecule has 3 heteroatoms. The summed E-state index contributed by atoms with van der Waals surface area (Å²) in [5, 5.41) is 0. The average Bonchev–Trinajstić information content (AvgIpc) is 2.34. The first-order valence-electron chi connectivity index (χ1n) is 6.25. The Kier molecular flexibility index (Phi) is 5.70. The molecule has 0 aliphatic carbocycles. The van der Waals surface area contributed by atoms with Crippen molar-refractivity contribution in [2.24, 2.45) is 5.73 Å². The smallest absolute Gasteiger partial charge is 0.253 e. The van der Waals surface area contributed by atoms with Crippen molar-refractivity contribution in [3.8, 4) is 0 Å². The molecule has 1 rings (SSSR count). The summed E-state index contributed by atoms with van der Waals surface area (Å²) in [5.41, 5.74) is 7.43. The predicted octanol–water partition coefficient (Wildman–Crippen LogP) is 2.20. The monoisotopic (exact) mass is 234 g/mol. The lowest BCUT2D eigenvalue weighted by molar-refractivity contribution is 0.0754.